The van der Waals surface area contributed by atoms with Crippen molar-refractivity contribution in [2.75, 3.05) is 25.0 Å². The number of rotatable bonds is 4. The molecule has 5 heteroatoms. The number of urea groups is 1. The molecule has 0 fully saturated rings. The average Bonchev–Trinajstić information content (AvgIpc) is 2.50. The molecule has 2 rings (SSSR count). The number of nitrogens with zero attached hydrogens (tertiary/aromatic N) is 2. The van der Waals surface area contributed by atoms with Gasteiger partial charge in [0, 0.05) is 25.8 Å². The molecule has 0 saturated heterocycles. The summed E-state index contributed by atoms with van der Waals surface area (Å²) < 4.78 is 0. The predicted octanol–water partition coefficient (Wildman–Crippen LogP) is 2.99. The standard InChI is InChI=1S/C16H22N2O3/c1-3-4-9-17(2)16(21)18-10-5-6-12-11-13(15(19)20)7-8-14(12)18/h7-8,11H,3-6,9-10H2,1-2H3,(H,19,20). The highest BCUT2D eigenvalue weighted by Crippen LogP contribution is 2.29. The van der Waals surface area contributed by atoms with Crippen LogP contribution < -0.4 is 4.90 Å². The fraction of sp³-hybridized carbons (Fsp3) is 0.500. The number of fused-ring (bicyclic) bond motifs is 1. The number of carboxylic acid groups (broad SMARTS) is 1. The van der Waals surface area contributed by atoms with Gasteiger partial charge in [-0.2, -0.15) is 0 Å². The molecule has 1 aliphatic heterocycles. The van der Waals surface area contributed by atoms with Crippen LogP contribution in [0.25, 0.3) is 0 Å². The number of amides is 2. The minimum absolute atomic E-state index is 0.00697. The highest BCUT2D eigenvalue weighted by atomic mass is 16.4. The molecule has 5 nitrogen and oxygen atoms in total. The Hall–Kier alpha value is -2.04. The van der Waals surface area contributed by atoms with Crippen LogP contribution in [0.15, 0.2) is 18.2 Å². The molecule has 1 N–H and O–H groups in total. The van der Waals surface area contributed by atoms with Gasteiger partial charge in [-0.05, 0) is 43.0 Å². The van der Waals surface area contributed by atoms with E-state index in [-0.39, 0.29) is 11.6 Å². The van der Waals surface area contributed by atoms with Crippen molar-refractivity contribution in [3.8, 4) is 0 Å². The van der Waals surface area contributed by atoms with Gasteiger partial charge in [0.1, 0.15) is 0 Å². The SMILES string of the molecule is CCCCN(C)C(=O)N1CCCc2cc(C(=O)O)ccc21. The van der Waals surface area contributed by atoms with Gasteiger partial charge in [-0.3, -0.25) is 4.90 Å². The van der Waals surface area contributed by atoms with Crippen molar-refractivity contribution in [2.45, 2.75) is 32.6 Å². The number of hydrogen-bond donors (Lipinski definition) is 1. The molecule has 1 aromatic carbocycles. The van der Waals surface area contributed by atoms with Crippen molar-refractivity contribution < 1.29 is 14.7 Å². The van der Waals surface area contributed by atoms with Crippen LogP contribution in [-0.2, 0) is 6.42 Å². The van der Waals surface area contributed by atoms with Gasteiger partial charge in [0.2, 0.25) is 0 Å². The van der Waals surface area contributed by atoms with Gasteiger partial charge in [0.25, 0.3) is 0 Å². The number of benzene rings is 1. The van der Waals surface area contributed by atoms with Crippen LogP contribution in [0.4, 0.5) is 10.5 Å². The Morgan fingerprint density at radius 2 is 2.14 bits per heavy atom. The lowest BCUT2D eigenvalue weighted by Gasteiger charge is -2.33. The lowest BCUT2D eigenvalue weighted by atomic mass is 9.99. The molecule has 21 heavy (non-hydrogen) atoms. The minimum atomic E-state index is -0.929. The Balaban J connectivity index is 2.21. The van der Waals surface area contributed by atoms with E-state index in [2.05, 4.69) is 6.92 Å². The van der Waals surface area contributed by atoms with Gasteiger partial charge in [-0.1, -0.05) is 13.3 Å². The third kappa shape index (κ3) is 3.35. The van der Waals surface area contributed by atoms with Crippen LogP contribution in [0.3, 0.4) is 0 Å². The van der Waals surface area contributed by atoms with Crippen LogP contribution in [0.2, 0.25) is 0 Å². The van der Waals surface area contributed by atoms with Crippen LogP contribution in [-0.4, -0.2) is 42.1 Å². The van der Waals surface area contributed by atoms with Gasteiger partial charge in [-0.15, -0.1) is 0 Å². The summed E-state index contributed by atoms with van der Waals surface area (Å²) in [6, 6.07) is 5.00. The monoisotopic (exact) mass is 290 g/mol. The maximum atomic E-state index is 12.5. The third-order valence-corrected chi connectivity index (χ3v) is 3.85. The molecule has 0 bridgehead atoms. The molecule has 0 saturated carbocycles. The molecule has 1 aromatic rings. The molecule has 0 unspecified atom stereocenters. The number of anilines is 1. The van der Waals surface area contributed by atoms with E-state index in [1.807, 2.05) is 7.05 Å². The highest BCUT2D eigenvalue weighted by Gasteiger charge is 2.25. The quantitative estimate of drug-likeness (QED) is 0.927. The first-order valence-corrected chi connectivity index (χ1v) is 7.43. The summed E-state index contributed by atoms with van der Waals surface area (Å²) >= 11 is 0. The van der Waals surface area contributed by atoms with Gasteiger partial charge in [0.15, 0.2) is 0 Å². The average molecular weight is 290 g/mol. The van der Waals surface area contributed by atoms with E-state index in [1.54, 1.807) is 28.0 Å². The highest BCUT2D eigenvalue weighted by molar-refractivity contribution is 5.95. The molecular weight excluding hydrogens is 268 g/mol. The summed E-state index contributed by atoms with van der Waals surface area (Å²) in [7, 11) is 1.82. The van der Waals surface area contributed by atoms with Crippen molar-refractivity contribution in [3.05, 3.63) is 29.3 Å². The second-order valence-corrected chi connectivity index (χ2v) is 5.46. The second kappa shape index (κ2) is 6.61. The fourth-order valence-electron chi connectivity index (χ4n) is 2.63. The van der Waals surface area contributed by atoms with E-state index in [0.29, 0.717) is 6.54 Å². The molecule has 0 aliphatic carbocycles. The summed E-state index contributed by atoms with van der Waals surface area (Å²) in [6.45, 7) is 3.53. The zero-order valence-corrected chi connectivity index (χ0v) is 12.6. The lowest BCUT2D eigenvalue weighted by molar-refractivity contribution is 0.0696. The maximum Gasteiger partial charge on any atom is 0.335 e. The van der Waals surface area contributed by atoms with Gasteiger partial charge in [-0.25, -0.2) is 9.59 Å². The molecule has 2 amide bonds. The smallest absolute Gasteiger partial charge is 0.335 e. The first-order chi connectivity index (χ1) is 10.0. The number of hydrogen-bond acceptors (Lipinski definition) is 2. The topological polar surface area (TPSA) is 60.9 Å². The third-order valence-electron chi connectivity index (χ3n) is 3.85. The molecule has 0 radical (unpaired) electrons. The zero-order chi connectivity index (χ0) is 15.4. The Kier molecular flexibility index (Phi) is 4.83. The van der Waals surface area contributed by atoms with Crippen LogP contribution in [0.5, 0.6) is 0 Å². The number of aryl methyl sites for hydroxylation is 1. The minimum Gasteiger partial charge on any atom is -0.478 e. The summed E-state index contributed by atoms with van der Waals surface area (Å²) in [5.41, 5.74) is 2.07. The predicted molar refractivity (Wildman–Crippen MR) is 82.0 cm³/mol. The van der Waals surface area contributed by atoms with E-state index < -0.39 is 5.97 Å². The number of aromatic carboxylic acids is 1. The number of carbonyl (C=O) groups excluding carboxylic acids is 1. The van der Waals surface area contributed by atoms with Gasteiger partial charge in [0.05, 0.1) is 5.56 Å². The molecule has 0 atom stereocenters. The van der Waals surface area contributed by atoms with Crippen molar-refractivity contribution in [3.63, 3.8) is 0 Å². The van der Waals surface area contributed by atoms with Crippen LogP contribution in [0, 0.1) is 0 Å². The number of carboxylic acids is 1. The first kappa shape index (κ1) is 15.4. The van der Waals surface area contributed by atoms with Crippen molar-refractivity contribution in [1.29, 1.82) is 0 Å². The van der Waals surface area contributed by atoms with E-state index in [1.165, 1.54) is 0 Å². The van der Waals surface area contributed by atoms with Crippen molar-refractivity contribution in [2.24, 2.45) is 0 Å². The zero-order valence-electron chi connectivity index (χ0n) is 12.6. The largest absolute Gasteiger partial charge is 0.478 e. The second-order valence-electron chi connectivity index (χ2n) is 5.46. The van der Waals surface area contributed by atoms with E-state index >= 15 is 0 Å². The first-order valence-electron chi connectivity index (χ1n) is 7.43. The Morgan fingerprint density at radius 3 is 2.81 bits per heavy atom. The normalized spacial score (nSPS) is 13.7. The van der Waals surface area contributed by atoms with E-state index in [4.69, 9.17) is 5.11 Å². The Bertz CT molecular complexity index is 542. The lowest BCUT2D eigenvalue weighted by Crippen LogP contribution is -2.44. The fourth-order valence-corrected chi connectivity index (χ4v) is 2.63. The van der Waals surface area contributed by atoms with Gasteiger partial charge >= 0.3 is 12.0 Å². The molecule has 114 valence electrons. The summed E-state index contributed by atoms with van der Waals surface area (Å²) in [4.78, 5) is 27.1. The summed E-state index contributed by atoms with van der Waals surface area (Å²) in [5, 5.41) is 9.06. The molecule has 1 heterocycles. The summed E-state index contributed by atoms with van der Waals surface area (Å²) in [6.07, 6.45) is 3.72. The molecule has 1 aliphatic rings. The van der Waals surface area contributed by atoms with E-state index in [0.717, 1.165) is 43.5 Å². The van der Waals surface area contributed by atoms with E-state index in [9.17, 15) is 9.59 Å². The van der Waals surface area contributed by atoms with Crippen LogP contribution in [0.1, 0.15) is 42.1 Å². The Labute approximate surface area is 125 Å². The molecule has 0 aromatic heterocycles. The Morgan fingerprint density at radius 1 is 1.38 bits per heavy atom. The summed E-state index contributed by atoms with van der Waals surface area (Å²) in [5.74, 6) is -0.929. The number of carbonyl (C=O) groups is 2. The van der Waals surface area contributed by atoms with Crippen molar-refractivity contribution >= 4 is 17.7 Å². The van der Waals surface area contributed by atoms with Crippen molar-refractivity contribution in [1.82, 2.24) is 4.90 Å². The number of unbranched alkanes of at least 4 members (excludes halogenated alkanes) is 1. The molecular formula is C16H22N2O3. The maximum absolute atomic E-state index is 12.5. The van der Waals surface area contributed by atoms with Gasteiger partial charge < -0.3 is 10.0 Å². The molecule has 0 spiro atoms. The van der Waals surface area contributed by atoms with Crippen LogP contribution >= 0.6 is 0 Å².